The first-order valence-corrected chi connectivity index (χ1v) is 5.14. The molecule has 2 N–H and O–H groups in total. The molecule has 0 fully saturated rings. The second-order valence-corrected chi connectivity index (χ2v) is 3.88. The molecule has 1 unspecified atom stereocenters. The van der Waals surface area contributed by atoms with Crippen molar-refractivity contribution in [2.24, 2.45) is 5.73 Å². The molecule has 0 aliphatic rings. The van der Waals surface area contributed by atoms with Gasteiger partial charge >= 0.3 is 0 Å². The third kappa shape index (κ3) is 3.75. The Morgan fingerprint density at radius 1 is 1.29 bits per heavy atom. The van der Waals surface area contributed by atoms with Crippen LogP contribution in [-0.4, -0.2) is 0 Å². The minimum absolute atomic E-state index is 0.173. The van der Waals surface area contributed by atoms with Crippen molar-refractivity contribution in [2.75, 3.05) is 0 Å². The highest BCUT2D eigenvalue weighted by atomic mass is 14.6. The summed E-state index contributed by atoms with van der Waals surface area (Å²) in [7, 11) is 0. The van der Waals surface area contributed by atoms with Gasteiger partial charge in [0.1, 0.15) is 0 Å². The van der Waals surface area contributed by atoms with Crippen LogP contribution in [0.2, 0.25) is 0 Å². The molecule has 1 nitrogen and oxygen atoms in total. The number of benzene rings is 1. The Balaban J connectivity index is 2.43. The molecule has 0 spiro atoms. The standard InChI is InChI=1S/C13H19N/c1-11(2)7-6-10-13(14)12-8-4-3-5-9-12/h3-5,7-9,13H,6,10,14H2,1-2H3. The lowest BCUT2D eigenvalue weighted by Crippen LogP contribution is -2.09. The number of nitrogens with two attached hydrogens (primary N) is 1. The van der Waals surface area contributed by atoms with Gasteiger partial charge in [0.05, 0.1) is 0 Å². The fourth-order valence-electron chi connectivity index (χ4n) is 1.42. The Morgan fingerprint density at radius 2 is 1.93 bits per heavy atom. The summed E-state index contributed by atoms with van der Waals surface area (Å²) in [5.41, 5.74) is 8.65. The van der Waals surface area contributed by atoms with Crippen LogP contribution in [0.1, 0.15) is 38.3 Å². The Hall–Kier alpha value is -1.08. The van der Waals surface area contributed by atoms with Crippen molar-refractivity contribution < 1.29 is 0 Å². The molecule has 1 aromatic carbocycles. The Bertz CT molecular complexity index is 283. The van der Waals surface area contributed by atoms with Crippen molar-refractivity contribution in [1.29, 1.82) is 0 Å². The first-order valence-electron chi connectivity index (χ1n) is 5.14. The van der Waals surface area contributed by atoms with Crippen LogP contribution in [0.15, 0.2) is 42.0 Å². The predicted molar refractivity (Wildman–Crippen MR) is 62.0 cm³/mol. The van der Waals surface area contributed by atoms with E-state index in [9.17, 15) is 0 Å². The molecule has 0 bridgehead atoms. The van der Waals surface area contributed by atoms with Crippen molar-refractivity contribution in [3.8, 4) is 0 Å². The van der Waals surface area contributed by atoms with E-state index in [0.29, 0.717) is 0 Å². The summed E-state index contributed by atoms with van der Waals surface area (Å²) in [5, 5.41) is 0. The maximum absolute atomic E-state index is 6.05. The monoisotopic (exact) mass is 189 g/mol. The molecule has 0 heterocycles. The second-order valence-electron chi connectivity index (χ2n) is 3.88. The quantitative estimate of drug-likeness (QED) is 0.721. The highest BCUT2D eigenvalue weighted by Gasteiger charge is 2.02. The lowest BCUT2D eigenvalue weighted by Gasteiger charge is -2.10. The molecular weight excluding hydrogens is 170 g/mol. The van der Waals surface area contributed by atoms with Gasteiger partial charge in [0, 0.05) is 6.04 Å². The zero-order chi connectivity index (χ0) is 10.4. The molecule has 0 saturated carbocycles. The lowest BCUT2D eigenvalue weighted by atomic mass is 10.0. The fourth-order valence-corrected chi connectivity index (χ4v) is 1.42. The smallest absolute Gasteiger partial charge is 0.0297 e. The molecule has 0 saturated heterocycles. The molecular formula is C13H19N. The van der Waals surface area contributed by atoms with E-state index in [0.717, 1.165) is 12.8 Å². The fraction of sp³-hybridized carbons (Fsp3) is 0.385. The van der Waals surface area contributed by atoms with E-state index in [1.165, 1.54) is 11.1 Å². The van der Waals surface area contributed by atoms with Crippen molar-refractivity contribution in [3.63, 3.8) is 0 Å². The van der Waals surface area contributed by atoms with Crippen LogP contribution >= 0.6 is 0 Å². The number of allylic oxidation sites excluding steroid dienone is 2. The molecule has 0 aromatic heterocycles. The van der Waals surface area contributed by atoms with Crippen LogP contribution in [0.4, 0.5) is 0 Å². The summed E-state index contributed by atoms with van der Waals surface area (Å²) in [6.07, 6.45) is 4.33. The molecule has 0 amide bonds. The third-order valence-electron chi connectivity index (χ3n) is 2.26. The first kappa shape index (κ1) is 11.0. The Morgan fingerprint density at radius 3 is 2.50 bits per heavy atom. The van der Waals surface area contributed by atoms with Crippen LogP contribution in [0.5, 0.6) is 0 Å². The minimum atomic E-state index is 0.173. The molecule has 0 aliphatic heterocycles. The van der Waals surface area contributed by atoms with Crippen LogP contribution < -0.4 is 5.73 Å². The van der Waals surface area contributed by atoms with E-state index in [-0.39, 0.29) is 6.04 Å². The summed E-state index contributed by atoms with van der Waals surface area (Å²) in [6, 6.07) is 10.4. The van der Waals surface area contributed by atoms with E-state index in [1.54, 1.807) is 0 Å². The van der Waals surface area contributed by atoms with Gasteiger partial charge in [-0.15, -0.1) is 0 Å². The maximum atomic E-state index is 6.05. The molecule has 1 atom stereocenters. The molecule has 76 valence electrons. The molecule has 14 heavy (non-hydrogen) atoms. The van der Waals surface area contributed by atoms with Gasteiger partial charge in [-0.05, 0) is 32.3 Å². The van der Waals surface area contributed by atoms with Crippen molar-refractivity contribution >= 4 is 0 Å². The van der Waals surface area contributed by atoms with Crippen LogP contribution in [-0.2, 0) is 0 Å². The summed E-state index contributed by atoms with van der Waals surface area (Å²) in [4.78, 5) is 0. The Kier molecular flexibility index (Phi) is 4.41. The van der Waals surface area contributed by atoms with Gasteiger partial charge in [-0.1, -0.05) is 42.0 Å². The highest BCUT2D eigenvalue weighted by molar-refractivity contribution is 5.18. The lowest BCUT2D eigenvalue weighted by molar-refractivity contribution is 0.659. The maximum Gasteiger partial charge on any atom is 0.0297 e. The third-order valence-corrected chi connectivity index (χ3v) is 2.26. The van der Waals surface area contributed by atoms with E-state index in [4.69, 9.17) is 5.73 Å². The predicted octanol–water partition coefficient (Wildman–Crippen LogP) is 3.43. The van der Waals surface area contributed by atoms with Crippen LogP contribution in [0.25, 0.3) is 0 Å². The van der Waals surface area contributed by atoms with Gasteiger partial charge in [0.15, 0.2) is 0 Å². The molecule has 0 radical (unpaired) electrons. The van der Waals surface area contributed by atoms with Gasteiger partial charge in [0.2, 0.25) is 0 Å². The summed E-state index contributed by atoms with van der Waals surface area (Å²) >= 11 is 0. The molecule has 1 heteroatoms. The second kappa shape index (κ2) is 5.61. The van der Waals surface area contributed by atoms with Crippen molar-refractivity contribution in [1.82, 2.24) is 0 Å². The number of hydrogen-bond acceptors (Lipinski definition) is 1. The van der Waals surface area contributed by atoms with Crippen LogP contribution in [0, 0.1) is 0 Å². The number of rotatable bonds is 4. The Labute approximate surface area is 86.6 Å². The van der Waals surface area contributed by atoms with Crippen LogP contribution in [0.3, 0.4) is 0 Å². The molecule has 0 aliphatic carbocycles. The van der Waals surface area contributed by atoms with Gasteiger partial charge < -0.3 is 5.73 Å². The van der Waals surface area contributed by atoms with Gasteiger partial charge in [-0.25, -0.2) is 0 Å². The number of hydrogen-bond donors (Lipinski definition) is 1. The van der Waals surface area contributed by atoms with Gasteiger partial charge in [0.25, 0.3) is 0 Å². The highest BCUT2D eigenvalue weighted by Crippen LogP contribution is 2.15. The van der Waals surface area contributed by atoms with E-state index >= 15 is 0 Å². The zero-order valence-corrected chi connectivity index (χ0v) is 9.03. The first-order chi connectivity index (χ1) is 6.70. The topological polar surface area (TPSA) is 26.0 Å². The van der Waals surface area contributed by atoms with Crippen molar-refractivity contribution in [3.05, 3.63) is 47.5 Å². The van der Waals surface area contributed by atoms with Gasteiger partial charge in [-0.3, -0.25) is 0 Å². The van der Waals surface area contributed by atoms with E-state index in [1.807, 2.05) is 18.2 Å². The average molecular weight is 189 g/mol. The van der Waals surface area contributed by atoms with E-state index in [2.05, 4.69) is 32.1 Å². The zero-order valence-electron chi connectivity index (χ0n) is 9.03. The van der Waals surface area contributed by atoms with Crippen molar-refractivity contribution in [2.45, 2.75) is 32.7 Å². The summed E-state index contributed by atoms with van der Waals surface area (Å²) < 4.78 is 0. The molecule has 1 aromatic rings. The SMILES string of the molecule is CC(C)=CCCC(N)c1ccccc1. The normalized spacial score (nSPS) is 12.2. The minimum Gasteiger partial charge on any atom is -0.324 e. The summed E-state index contributed by atoms with van der Waals surface area (Å²) in [5.74, 6) is 0. The summed E-state index contributed by atoms with van der Waals surface area (Å²) in [6.45, 7) is 4.24. The average Bonchev–Trinajstić information content (AvgIpc) is 2.18. The van der Waals surface area contributed by atoms with E-state index < -0.39 is 0 Å². The largest absolute Gasteiger partial charge is 0.324 e. The van der Waals surface area contributed by atoms with Gasteiger partial charge in [-0.2, -0.15) is 0 Å². The molecule has 1 rings (SSSR count).